The summed E-state index contributed by atoms with van der Waals surface area (Å²) in [5, 5.41) is 9.13. The number of aromatic amines is 1. The number of halogens is 1. The molecule has 0 aliphatic heterocycles. The van der Waals surface area contributed by atoms with Crippen LogP contribution in [0.1, 0.15) is 11.1 Å². The van der Waals surface area contributed by atoms with E-state index in [9.17, 15) is 4.39 Å². The highest BCUT2D eigenvalue weighted by Crippen LogP contribution is 2.25. The van der Waals surface area contributed by atoms with E-state index in [0.717, 1.165) is 5.52 Å². The molecule has 0 spiro atoms. The summed E-state index contributed by atoms with van der Waals surface area (Å²) in [5.41, 5.74) is 3.15. The van der Waals surface area contributed by atoms with Gasteiger partial charge in [-0.3, -0.25) is 4.57 Å². The van der Waals surface area contributed by atoms with Crippen molar-refractivity contribution in [3.63, 3.8) is 0 Å². The molecule has 98 valence electrons. The number of para-hydroxylation sites is 1. The third-order valence-corrected chi connectivity index (χ3v) is 3.60. The Morgan fingerprint density at radius 2 is 2.00 bits per heavy atom. The van der Waals surface area contributed by atoms with Crippen molar-refractivity contribution in [1.29, 1.82) is 5.26 Å². The number of nitriles is 1. The lowest BCUT2D eigenvalue weighted by atomic mass is 10.1. The first-order valence-corrected chi connectivity index (χ1v) is 6.43. The number of benzene rings is 2. The minimum Gasteiger partial charge on any atom is -0.329 e. The van der Waals surface area contributed by atoms with Crippen LogP contribution in [0.4, 0.5) is 4.39 Å². The third kappa shape index (κ3) is 1.74. The lowest BCUT2D eigenvalue weighted by molar-refractivity contribution is 0.617. The van der Waals surface area contributed by atoms with Crippen LogP contribution in [0.5, 0.6) is 0 Å². The molecule has 0 unspecified atom stereocenters. The van der Waals surface area contributed by atoms with Crippen molar-refractivity contribution in [2.75, 3.05) is 0 Å². The summed E-state index contributed by atoms with van der Waals surface area (Å²) < 4.78 is 15.9. The first-order chi connectivity index (χ1) is 9.63. The van der Waals surface area contributed by atoms with Gasteiger partial charge in [0.25, 0.3) is 0 Å². The van der Waals surface area contributed by atoms with Crippen LogP contribution in [0.25, 0.3) is 16.7 Å². The van der Waals surface area contributed by atoms with E-state index in [0.29, 0.717) is 27.1 Å². The fourth-order valence-corrected chi connectivity index (χ4v) is 2.60. The molecule has 20 heavy (non-hydrogen) atoms. The lowest BCUT2D eigenvalue weighted by Gasteiger charge is -2.09. The Bertz CT molecular complexity index is 915. The van der Waals surface area contributed by atoms with E-state index in [1.165, 1.54) is 6.07 Å². The maximum atomic E-state index is 13.7. The number of nitrogens with one attached hydrogen (secondary N) is 1. The summed E-state index contributed by atoms with van der Waals surface area (Å²) in [6, 6.07) is 12.3. The topological polar surface area (TPSA) is 44.5 Å². The van der Waals surface area contributed by atoms with Gasteiger partial charge in [-0.25, -0.2) is 4.39 Å². The van der Waals surface area contributed by atoms with Crippen LogP contribution < -0.4 is 0 Å². The Kier molecular flexibility index (Phi) is 2.88. The van der Waals surface area contributed by atoms with Crippen LogP contribution in [0.2, 0.25) is 0 Å². The molecule has 0 atom stereocenters. The Hall–Kier alpha value is -2.45. The number of aromatic nitrogens is 2. The Labute approximate surface area is 119 Å². The molecule has 0 aliphatic rings. The summed E-state index contributed by atoms with van der Waals surface area (Å²) in [4.78, 5) is 3.02. The van der Waals surface area contributed by atoms with Crippen molar-refractivity contribution >= 4 is 23.3 Å². The molecule has 0 amide bonds. The first kappa shape index (κ1) is 12.6. The van der Waals surface area contributed by atoms with Gasteiger partial charge in [0.2, 0.25) is 0 Å². The number of nitrogens with zero attached hydrogens (tertiary/aromatic N) is 2. The zero-order valence-corrected chi connectivity index (χ0v) is 11.5. The van der Waals surface area contributed by atoms with E-state index in [1.807, 2.05) is 6.07 Å². The summed E-state index contributed by atoms with van der Waals surface area (Å²) in [6.45, 7) is 1.71. The molecule has 0 fully saturated rings. The van der Waals surface area contributed by atoms with Gasteiger partial charge in [-0.2, -0.15) is 5.26 Å². The van der Waals surface area contributed by atoms with Crippen molar-refractivity contribution in [3.8, 4) is 11.8 Å². The molecule has 2 aromatic carbocycles. The van der Waals surface area contributed by atoms with Crippen molar-refractivity contribution in [3.05, 3.63) is 58.1 Å². The zero-order chi connectivity index (χ0) is 14.3. The van der Waals surface area contributed by atoms with E-state index in [2.05, 4.69) is 11.1 Å². The molecule has 1 heterocycles. The van der Waals surface area contributed by atoms with Gasteiger partial charge in [0.15, 0.2) is 4.77 Å². The number of hydrogen-bond acceptors (Lipinski definition) is 2. The molecular weight excluding hydrogens is 273 g/mol. The van der Waals surface area contributed by atoms with Crippen molar-refractivity contribution < 1.29 is 4.39 Å². The third-order valence-electron chi connectivity index (χ3n) is 3.32. The van der Waals surface area contributed by atoms with Crippen molar-refractivity contribution in [1.82, 2.24) is 9.55 Å². The number of fused-ring (bicyclic) bond motifs is 1. The predicted octanol–water partition coefficient (Wildman–Crippen LogP) is 4.01. The molecule has 0 saturated heterocycles. The molecular formula is C15H10FN3S. The van der Waals surface area contributed by atoms with Gasteiger partial charge in [-0.1, -0.05) is 12.1 Å². The second kappa shape index (κ2) is 4.58. The summed E-state index contributed by atoms with van der Waals surface area (Å²) in [6.07, 6.45) is 0. The van der Waals surface area contributed by atoms with E-state index in [4.69, 9.17) is 17.5 Å². The van der Waals surface area contributed by atoms with Crippen LogP contribution >= 0.6 is 12.2 Å². The molecule has 3 nitrogen and oxygen atoms in total. The molecule has 0 radical (unpaired) electrons. The van der Waals surface area contributed by atoms with Crippen LogP contribution in [0.15, 0.2) is 36.4 Å². The normalized spacial score (nSPS) is 10.7. The Balaban J connectivity index is 2.44. The average molecular weight is 283 g/mol. The molecule has 5 heteroatoms. The minimum absolute atomic E-state index is 0.282. The van der Waals surface area contributed by atoms with Gasteiger partial charge in [-0.15, -0.1) is 0 Å². The standard InChI is InChI=1S/C15H10FN3S/c1-9-11(16)5-3-6-12(9)19-13-7-2-4-10(8-17)14(13)18-15(19)20/h2-7H,1H3,(H,18,20). The van der Waals surface area contributed by atoms with Gasteiger partial charge >= 0.3 is 0 Å². The monoisotopic (exact) mass is 283 g/mol. The molecule has 3 aromatic rings. The van der Waals surface area contributed by atoms with Crippen LogP contribution in [-0.2, 0) is 0 Å². The Morgan fingerprint density at radius 1 is 1.25 bits per heavy atom. The second-order valence-electron chi connectivity index (χ2n) is 4.46. The highest BCUT2D eigenvalue weighted by Gasteiger charge is 2.12. The summed E-state index contributed by atoms with van der Waals surface area (Å²) >= 11 is 5.32. The highest BCUT2D eigenvalue weighted by atomic mass is 32.1. The minimum atomic E-state index is -0.282. The fraction of sp³-hybridized carbons (Fsp3) is 0.0667. The predicted molar refractivity (Wildman–Crippen MR) is 77.9 cm³/mol. The van der Waals surface area contributed by atoms with Crippen molar-refractivity contribution in [2.24, 2.45) is 0 Å². The number of hydrogen-bond donors (Lipinski definition) is 1. The van der Waals surface area contributed by atoms with E-state index in [1.54, 1.807) is 35.8 Å². The largest absolute Gasteiger partial charge is 0.329 e. The van der Waals surface area contributed by atoms with Crippen LogP contribution in [0.3, 0.4) is 0 Å². The molecule has 0 bridgehead atoms. The molecule has 1 aromatic heterocycles. The van der Waals surface area contributed by atoms with Gasteiger partial charge in [0.1, 0.15) is 11.9 Å². The first-order valence-electron chi connectivity index (χ1n) is 6.03. The van der Waals surface area contributed by atoms with Gasteiger partial charge < -0.3 is 4.98 Å². The maximum absolute atomic E-state index is 13.7. The van der Waals surface area contributed by atoms with E-state index >= 15 is 0 Å². The summed E-state index contributed by atoms with van der Waals surface area (Å²) in [7, 11) is 0. The number of rotatable bonds is 1. The van der Waals surface area contributed by atoms with Gasteiger partial charge in [-0.05, 0) is 43.4 Å². The quantitative estimate of drug-likeness (QED) is 0.686. The van der Waals surface area contributed by atoms with E-state index < -0.39 is 0 Å². The fourth-order valence-electron chi connectivity index (χ4n) is 2.30. The molecule has 0 saturated carbocycles. The van der Waals surface area contributed by atoms with Gasteiger partial charge in [0, 0.05) is 5.56 Å². The summed E-state index contributed by atoms with van der Waals surface area (Å²) in [5.74, 6) is -0.282. The average Bonchev–Trinajstić information content (AvgIpc) is 2.78. The van der Waals surface area contributed by atoms with Crippen LogP contribution in [-0.4, -0.2) is 9.55 Å². The highest BCUT2D eigenvalue weighted by molar-refractivity contribution is 7.71. The smallest absolute Gasteiger partial charge is 0.182 e. The van der Waals surface area contributed by atoms with Gasteiger partial charge in [0.05, 0.1) is 22.3 Å². The molecule has 3 rings (SSSR count). The number of H-pyrrole nitrogens is 1. The van der Waals surface area contributed by atoms with E-state index in [-0.39, 0.29) is 5.82 Å². The lowest BCUT2D eigenvalue weighted by Crippen LogP contribution is -1.99. The molecule has 1 N–H and O–H groups in total. The molecule has 0 aliphatic carbocycles. The van der Waals surface area contributed by atoms with Crippen LogP contribution in [0, 0.1) is 28.8 Å². The SMILES string of the molecule is Cc1c(F)cccc1-n1c(=S)[nH]c2c(C#N)cccc21. The number of imidazole rings is 1. The maximum Gasteiger partial charge on any atom is 0.182 e. The van der Waals surface area contributed by atoms with Crippen molar-refractivity contribution in [2.45, 2.75) is 6.92 Å². The zero-order valence-electron chi connectivity index (χ0n) is 10.6. The second-order valence-corrected chi connectivity index (χ2v) is 4.85. The Morgan fingerprint density at radius 3 is 2.75 bits per heavy atom.